The van der Waals surface area contributed by atoms with Gasteiger partial charge in [0.25, 0.3) is 0 Å². The summed E-state index contributed by atoms with van der Waals surface area (Å²) in [5.41, 5.74) is 0. The van der Waals surface area contributed by atoms with Crippen molar-refractivity contribution in [1.29, 1.82) is 0 Å². The van der Waals surface area contributed by atoms with Crippen LogP contribution in [0.1, 0.15) is 36.2 Å². The Kier molecular flexibility index (Phi) is 4.89. The lowest BCUT2D eigenvalue weighted by Gasteiger charge is -2.17. The summed E-state index contributed by atoms with van der Waals surface area (Å²) in [7, 11) is -0.858. The molecule has 96 valence electrons. The number of furan rings is 1. The number of hydrogen-bond donors (Lipinski definition) is 2. The molecule has 0 saturated carbocycles. The molecular weight excluding hydrogens is 242 g/mol. The summed E-state index contributed by atoms with van der Waals surface area (Å²) >= 11 is 0. The molecule has 0 saturated heterocycles. The van der Waals surface area contributed by atoms with Gasteiger partial charge in [-0.25, -0.2) is 4.79 Å². The zero-order valence-corrected chi connectivity index (χ0v) is 10.9. The minimum atomic E-state index is -1.08. The smallest absolute Gasteiger partial charge is 0.371 e. The van der Waals surface area contributed by atoms with Crippen LogP contribution in [0.15, 0.2) is 16.5 Å². The molecule has 1 rings (SSSR count). The third kappa shape index (κ3) is 4.32. The molecule has 1 aromatic heterocycles. The average molecular weight is 259 g/mol. The Morgan fingerprint density at radius 3 is 2.65 bits per heavy atom. The molecule has 0 aromatic carbocycles. The molecule has 3 unspecified atom stereocenters. The predicted molar refractivity (Wildman–Crippen MR) is 65.6 cm³/mol. The zero-order valence-electron chi connectivity index (χ0n) is 10.1. The summed E-state index contributed by atoms with van der Waals surface area (Å²) in [4.78, 5) is 10.7. The fourth-order valence-corrected chi connectivity index (χ4v) is 2.41. The van der Waals surface area contributed by atoms with Crippen LogP contribution in [0.2, 0.25) is 0 Å². The summed E-state index contributed by atoms with van der Waals surface area (Å²) in [6.07, 6.45) is 1.65. The second kappa shape index (κ2) is 5.97. The number of aromatic carboxylic acids is 1. The normalized spacial score (nSPS) is 16.4. The highest BCUT2D eigenvalue weighted by Gasteiger charge is 2.16. The minimum absolute atomic E-state index is 0.0691. The van der Waals surface area contributed by atoms with Crippen molar-refractivity contribution in [3.63, 3.8) is 0 Å². The molecule has 2 N–H and O–H groups in total. The maximum atomic E-state index is 11.0. The molecule has 0 amide bonds. The van der Waals surface area contributed by atoms with E-state index in [1.54, 1.807) is 12.3 Å². The highest BCUT2D eigenvalue weighted by atomic mass is 32.2. The number of hydrogen-bond acceptors (Lipinski definition) is 4. The van der Waals surface area contributed by atoms with E-state index < -0.39 is 16.8 Å². The minimum Gasteiger partial charge on any atom is -0.475 e. The van der Waals surface area contributed by atoms with Crippen LogP contribution in [0.25, 0.3) is 0 Å². The van der Waals surface area contributed by atoms with Crippen molar-refractivity contribution >= 4 is 16.8 Å². The van der Waals surface area contributed by atoms with Gasteiger partial charge >= 0.3 is 5.97 Å². The van der Waals surface area contributed by atoms with Crippen molar-refractivity contribution in [2.45, 2.75) is 25.9 Å². The summed E-state index contributed by atoms with van der Waals surface area (Å²) in [5, 5.41) is 11.9. The van der Waals surface area contributed by atoms with E-state index in [9.17, 15) is 9.00 Å². The highest BCUT2D eigenvalue weighted by molar-refractivity contribution is 7.84. The Hall–Kier alpha value is -1.14. The maximum Gasteiger partial charge on any atom is 0.371 e. The van der Waals surface area contributed by atoms with Crippen molar-refractivity contribution in [2.24, 2.45) is 0 Å². The van der Waals surface area contributed by atoms with Crippen LogP contribution in [-0.2, 0) is 10.8 Å². The van der Waals surface area contributed by atoms with Gasteiger partial charge in [-0.15, -0.1) is 0 Å². The lowest BCUT2D eigenvalue weighted by atomic mass is 10.2. The molecule has 6 heteroatoms. The van der Waals surface area contributed by atoms with E-state index in [-0.39, 0.29) is 17.8 Å². The topological polar surface area (TPSA) is 79.5 Å². The quantitative estimate of drug-likeness (QED) is 0.807. The molecule has 0 fully saturated rings. The van der Waals surface area contributed by atoms with Crippen LogP contribution in [0.5, 0.6) is 0 Å². The molecule has 17 heavy (non-hydrogen) atoms. The Morgan fingerprint density at radius 1 is 1.53 bits per heavy atom. The Morgan fingerprint density at radius 2 is 2.18 bits per heavy atom. The fourth-order valence-electron chi connectivity index (χ4n) is 1.61. The molecule has 0 aliphatic heterocycles. The van der Waals surface area contributed by atoms with Gasteiger partial charge in [0.1, 0.15) is 5.76 Å². The van der Waals surface area contributed by atoms with Gasteiger partial charge < -0.3 is 14.8 Å². The second-order valence-corrected chi connectivity index (χ2v) is 5.52. The van der Waals surface area contributed by atoms with Crippen molar-refractivity contribution in [2.75, 3.05) is 12.0 Å². The van der Waals surface area contributed by atoms with Gasteiger partial charge in [-0.2, -0.15) is 0 Å². The number of carboxylic acids is 1. The van der Waals surface area contributed by atoms with Crippen LogP contribution in [0.3, 0.4) is 0 Å². The number of nitrogens with one attached hydrogen (secondary N) is 1. The third-order valence-electron chi connectivity index (χ3n) is 2.28. The van der Waals surface area contributed by atoms with Gasteiger partial charge in [0.05, 0.1) is 6.04 Å². The summed E-state index contributed by atoms with van der Waals surface area (Å²) in [5.74, 6) is -0.0284. The molecule has 1 aromatic rings. The van der Waals surface area contributed by atoms with E-state index in [1.165, 1.54) is 6.07 Å². The van der Waals surface area contributed by atoms with Crippen LogP contribution in [0, 0.1) is 0 Å². The molecule has 0 spiro atoms. The molecular formula is C11H17NO4S. The molecule has 3 atom stereocenters. The first-order valence-corrected chi connectivity index (χ1v) is 7.02. The van der Waals surface area contributed by atoms with Gasteiger partial charge in [-0.1, -0.05) is 0 Å². The van der Waals surface area contributed by atoms with E-state index in [1.807, 2.05) is 13.8 Å². The Balaban J connectivity index is 2.59. The van der Waals surface area contributed by atoms with Crippen molar-refractivity contribution in [3.8, 4) is 0 Å². The van der Waals surface area contributed by atoms with Crippen molar-refractivity contribution < 1.29 is 18.5 Å². The largest absolute Gasteiger partial charge is 0.475 e. The monoisotopic (exact) mass is 259 g/mol. The van der Waals surface area contributed by atoms with Crippen LogP contribution < -0.4 is 5.32 Å². The number of carbonyl (C=O) groups is 1. The Labute approximate surface area is 103 Å². The fraction of sp³-hybridized carbons (Fsp3) is 0.545. The van der Waals surface area contributed by atoms with E-state index in [0.717, 1.165) is 0 Å². The van der Waals surface area contributed by atoms with Crippen LogP contribution in [0.4, 0.5) is 0 Å². The molecule has 0 aliphatic carbocycles. The molecule has 0 bridgehead atoms. The van der Waals surface area contributed by atoms with E-state index in [2.05, 4.69) is 5.32 Å². The first kappa shape index (κ1) is 13.9. The highest BCUT2D eigenvalue weighted by Crippen LogP contribution is 2.16. The SMILES string of the molecule is CC(CS(C)=O)NC(C)c1ccc(C(=O)O)o1. The first-order chi connectivity index (χ1) is 7.90. The molecule has 0 radical (unpaired) electrons. The van der Waals surface area contributed by atoms with Gasteiger partial charge in [0, 0.05) is 28.9 Å². The molecule has 1 heterocycles. The summed E-state index contributed by atoms with van der Waals surface area (Å²) < 4.78 is 16.2. The maximum absolute atomic E-state index is 11.0. The average Bonchev–Trinajstić information content (AvgIpc) is 2.64. The zero-order chi connectivity index (χ0) is 13.0. The van der Waals surface area contributed by atoms with E-state index in [4.69, 9.17) is 9.52 Å². The standard InChI is InChI=1S/C11H17NO4S/c1-7(6-17(3)15)12-8(2)9-4-5-10(16-9)11(13)14/h4-5,7-8,12H,6H2,1-3H3,(H,13,14). The third-order valence-corrected chi connectivity index (χ3v) is 3.25. The van der Waals surface area contributed by atoms with Crippen LogP contribution in [-0.4, -0.2) is 33.3 Å². The van der Waals surface area contributed by atoms with Gasteiger partial charge in [0.15, 0.2) is 0 Å². The summed E-state index contributed by atoms with van der Waals surface area (Å²) in [6.45, 7) is 3.80. The number of rotatable bonds is 6. The molecule has 5 nitrogen and oxygen atoms in total. The number of carboxylic acid groups (broad SMARTS) is 1. The van der Waals surface area contributed by atoms with E-state index in [0.29, 0.717) is 11.5 Å². The lowest BCUT2D eigenvalue weighted by molar-refractivity contribution is 0.0659. The predicted octanol–water partition coefficient (Wildman–Crippen LogP) is 1.40. The first-order valence-electron chi connectivity index (χ1n) is 5.29. The van der Waals surface area contributed by atoms with Gasteiger partial charge in [0.2, 0.25) is 5.76 Å². The summed E-state index contributed by atoms with van der Waals surface area (Å²) in [6, 6.07) is 3.03. The van der Waals surface area contributed by atoms with Crippen molar-refractivity contribution in [3.05, 3.63) is 23.7 Å². The van der Waals surface area contributed by atoms with Gasteiger partial charge in [-0.3, -0.25) is 4.21 Å². The van der Waals surface area contributed by atoms with Crippen LogP contribution >= 0.6 is 0 Å². The Bertz CT molecular complexity index is 415. The second-order valence-electron chi connectivity index (χ2n) is 4.04. The lowest BCUT2D eigenvalue weighted by Crippen LogP contribution is -2.33. The van der Waals surface area contributed by atoms with Crippen molar-refractivity contribution in [1.82, 2.24) is 5.32 Å². The van der Waals surface area contributed by atoms with E-state index >= 15 is 0 Å². The molecule has 0 aliphatic rings. The van der Waals surface area contributed by atoms with Gasteiger partial charge in [-0.05, 0) is 26.0 Å².